The van der Waals surface area contributed by atoms with Crippen LogP contribution in [0.25, 0.3) is 0 Å². The number of halogens is 1. The fraction of sp³-hybridized carbons (Fsp3) is 0.357. The molecule has 0 spiro atoms. The average Bonchev–Trinajstić information content (AvgIpc) is 3.51. The first-order chi connectivity index (χ1) is 16.9. The molecule has 3 aromatic rings. The van der Waals surface area contributed by atoms with Crippen LogP contribution in [0, 0.1) is 19.7 Å². The highest BCUT2D eigenvalue weighted by atomic mass is 32.1. The molecule has 4 rings (SSSR count). The highest BCUT2D eigenvalue weighted by Crippen LogP contribution is 2.21. The largest absolute Gasteiger partial charge is 0.376 e. The van der Waals surface area contributed by atoms with E-state index in [1.807, 2.05) is 44.2 Å². The Morgan fingerprint density at radius 1 is 1.00 bits per heavy atom. The monoisotopic (exact) mass is 494 g/mol. The van der Waals surface area contributed by atoms with Crippen molar-refractivity contribution in [1.29, 1.82) is 0 Å². The highest BCUT2D eigenvalue weighted by Gasteiger charge is 2.28. The minimum Gasteiger partial charge on any atom is -0.376 e. The lowest BCUT2D eigenvalue weighted by atomic mass is 10.1. The Morgan fingerprint density at radius 3 is 2.43 bits per heavy atom. The third kappa shape index (κ3) is 6.77. The predicted octanol–water partition coefficient (Wildman–Crippen LogP) is 5.35. The van der Waals surface area contributed by atoms with Crippen LogP contribution in [0.5, 0.6) is 0 Å². The van der Waals surface area contributed by atoms with E-state index in [2.05, 4.69) is 0 Å². The Labute approximate surface area is 210 Å². The summed E-state index contributed by atoms with van der Waals surface area (Å²) in [6.07, 6.45) is 1.76. The molecule has 0 saturated carbocycles. The maximum Gasteiger partial charge on any atom is 0.254 e. The van der Waals surface area contributed by atoms with E-state index in [4.69, 9.17) is 4.74 Å². The van der Waals surface area contributed by atoms with Crippen LogP contribution in [0.15, 0.2) is 60.7 Å². The molecule has 1 aromatic heterocycles. The van der Waals surface area contributed by atoms with E-state index in [-0.39, 0.29) is 30.3 Å². The molecule has 0 aliphatic carbocycles. The van der Waals surface area contributed by atoms with E-state index in [1.165, 1.54) is 17.0 Å². The number of carbonyl (C=O) groups is 2. The number of benzene rings is 2. The van der Waals surface area contributed by atoms with Crippen molar-refractivity contribution in [3.8, 4) is 0 Å². The Hall–Kier alpha value is -3.03. The first kappa shape index (κ1) is 25.1. The predicted molar refractivity (Wildman–Crippen MR) is 136 cm³/mol. The number of hydrogen-bond acceptors (Lipinski definition) is 4. The number of amides is 2. The van der Waals surface area contributed by atoms with Gasteiger partial charge in [-0.1, -0.05) is 30.3 Å². The summed E-state index contributed by atoms with van der Waals surface area (Å²) in [5, 5.41) is 0. The molecule has 2 heterocycles. The summed E-state index contributed by atoms with van der Waals surface area (Å²) in [5.41, 5.74) is 2.31. The van der Waals surface area contributed by atoms with Crippen molar-refractivity contribution in [3.63, 3.8) is 0 Å². The molecule has 1 saturated heterocycles. The molecular formula is C28H31FN2O3S. The zero-order chi connectivity index (χ0) is 24.8. The lowest BCUT2D eigenvalue weighted by Gasteiger charge is -2.29. The lowest BCUT2D eigenvalue weighted by molar-refractivity contribution is -0.133. The molecule has 0 N–H and O–H groups in total. The number of carbonyl (C=O) groups excluding carboxylic acids is 2. The van der Waals surface area contributed by atoms with Gasteiger partial charge in [0.05, 0.1) is 12.6 Å². The van der Waals surface area contributed by atoms with Crippen LogP contribution in [0.1, 0.15) is 44.1 Å². The van der Waals surface area contributed by atoms with Crippen molar-refractivity contribution in [2.45, 2.75) is 45.9 Å². The zero-order valence-electron chi connectivity index (χ0n) is 20.2. The van der Waals surface area contributed by atoms with Gasteiger partial charge in [-0.2, -0.15) is 0 Å². The number of nitrogens with zero attached hydrogens (tertiary/aromatic N) is 2. The second-order valence-corrected chi connectivity index (χ2v) is 10.4. The molecule has 0 radical (unpaired) electrons. The Kier molecular flexibility index (Phi) is 8.31. The van der Waals surface area contributed by atoms with Gasteiger partial charge in [0, 0.05) is 35.0 Å². The third-order valence-electron chi connectivity index (χ3n) is 6.22. The summed E-state index contributed by atoms with van der Waals surface area (Å²) in [5.74, 6) is -0.631. The van der Waals surface area contributed by atoms with Crippen LogP contribution in [-0.4, -0.2) is 47.4 Å². The Balaban J connectivity index is 1.56. The lowest BCUT2D eigenvalue weighted by Crippen LogP contribution is -2.45. The molecule has 2 aromatic carbocycles. The molecule has 1 atom stereocenters. The van der Waals surface area contributed by atoms with Crippen LogP contribution in [0.3, 0.4) is 0 Å². The van der Waals surface area contributed by atoms with Gasteiger partial charge in [-0.15, -0.1) is 11.3 Å². The fourth-order valence-electron chi connectivity index (χ4n) is 4.30. The molecule has 2 amide bonds. The molecule has 0 bridgehead atoms. The molecule has 0 unspecified atom stereocenters. The van der Waals surface area contributed by atoms with Gasteiger partial charge >= 0.3 is 0 Å². The van der Waals surface area contributed by atoms with E-state index in [9.17, 15) is 14.0 Å². The highest BCUT2D eigenvalue weighted by molar-refractivity contribution is 7.11. The zero-order valence-corrected chi connectivity index (χ0v) is 21.0. The summed E-state index contributed by atoms with van der Waals surface area (Å²) in [7, 11) is 0. The van der Waals surface area contributed by atoms with Crippen LogP contribution >= 0.6 is 11.3 Å². The summed E-state index contributed by atoms with van der Waals surface area (Å²) < 4.78 is 19.2. The Bertz CT molecular complexity index is 1160. The quantitative estimate of drug-likeness (QED) is 0.403. The van der Waals surface area contributed by atoms with Crippen molar-refractivity contribution in [2.24, 2.45) is 0 Å². The second-order valence-electron chi connectivity index (χ2n) is 9.02. The fourth-order valence-corrected chi connectivity index (χ4v) is 5.21. The van der Waals surface area contributed by atoms with Gasteiger partial charge in [0.25, 0.3) is 5.91 Å². The molecule has 7 heteroatoms. The third-order valence-corrected chi connectivity index (χ3v) is 7.20. The minimum atomic E-state index is -0.313. The average molecular weight is 495 g/mol. The summed E-state index contributed by atoms with van der Waals surface area (Å²) in [6.45, 7) is 5.71. The summed E-state index contributed by atoms with van der Waals surface area (Å²) in [6, 6.07) is 17.7. The van der Waals surface area contributed by atoms with Crippen molar-refractivity contribution < 1.29 is 18.7 Å². The van der Waals surface area contributed by atoms with Gasteiger partial charge in [-0.25, -0.2) is 4.39 Å². The van der Waals surface area contributed by atoms with Gasteiger partial charge in [0.1, 0.15) is 12.4 Å². The number of rotatable bonds is 9. The molecule has 5 nitrogen and oxygen atoms in total. The van der Waals surface area contributed by atoms with Crippen LogP contribution in [-0.2, 0) is 22.6 Å². The molecule has 1 aliphatic rings. The Morgan fingerprint density at radius 2 is 1.77 bits per heavy atom. The maximum atomic E-state index is 13.7. The van der Waals surface area contributed by atoms with E-state index in [0.717, 1.165) is 28.8 Å². The number of aryl methyl sites for hydroxylation is 2. The first-order valence-corrected chi connectivity index (χ1v) is 12.7. The smallest absolute Gasteiger partial charge is 0.254 e. The van der Waals surface area contributed by atoms with Crippen molar-refractivity contribution >= 4 is 23.2 Å². The van der Waals surface area contributed by atoms with E-state index in [1.54, 1.807) is 39.3 Å². The maximum absolute atomic E-state index is 13.7. The topological polar surface area (TPSA) is 49.9 Å². The summed E-state index contributed by atoms with van der Waals surface area (Å²) >= 11 is 1.64. The summed E-state index contributed by atoms with van der Waals surface area (Å²) in [4.78, 5) is 32.8. The molecule has 35 heavy (non-hydrogen) atoms. The normalized spacial score (nSPS) is 15.2. The number of hydrogen-bond donors (Lipinski definition) is 0. The van der Waals surface area contributed by atoms with Gasteiger partial charge in [-0.3, -0.25) is 9.59 Å². The second kappa shape index (κ2) is 11.6. The van der Waals surface area contributed by atoms with Crippen molar-refractivity contribution in [2.75, 3.05) is 19.7 Å². The van der Waals surface area contributed by atoms with Gasteiger partial charge in [-0.05, 0) is 68.1 Å². The van der Waals surface area contributed by atoms with E-state index < -0.39 is 0 Å². The van der Waals surface area contributed by atoms with E-state index >= 15 is 0 Å². The van der Waals surface area contributed by atoms with Gasteiger partial charge < -0.3 is 14.5 Å². The van der Waals surface area contributed by atoms with Crippen molar-refractivity contribution in [3.05, 3.63) is 92.9 Å². The van der Waals surface area contributed by atoms with Crippen LogP contribution in [0.4, 0.5) is 4.39 Å². The first-order valence-electron chi connectivity index (χ1n) is 11.9. The number of ether oxygens (including phenoxy) is 1. The standard InChI is InChI=1S/C28H31FN2O3S/c1-20-6-3-4-8-26(20)28(33)31(17-24-7-5-15-34-24)19-27(32)30(18-25-14-9-21(2)35-25)16-22-10-12-23(29)13-11-22/h3-4,6,8-14,24H,5,7,15-19H2,1-2H3/t24-/m1/s1. The minimum absolute atomic E-state index is 0.0431. The van der Waals surface area contributed by atoms with Crippen LogP contribution < -0.4 is 0 Å². The molecular weight excluding hydrogens is 463 g/mol. The molecule has 1 aliphatic heterocycles. The van der Waals surface area contributed by atoms with Gasteiger partial charge in [0.15, 0.2) is 0 Å². The van der Waals surface area contributed by atoms with Crippen molar-refractivity contribution in [1.82, 2.24) is 9.80 Å². The number of thiophene rings is 1. The van der Waals surface area contributed by atoms with E-state index in [0.29, 0.717) is 31.8 Å². The molecule has 184 valence electrons. The van der Waals surface area contributed by atoms with Gasteiger partial charge in [0.2, 0.25) is 5.91 Å². The SMILES string of the molecule is Cc1ccc(CN(Cc2ccc(F)cc2)C(=O)CN(C[C@H]2CCCO2)C(=O)c2ccccc2C)s1. The molecule has 1 fully saturated rings. The van der Waals surface area contributed by atoms with Crippen LogP contribution in [0.2, 0.25) is 0 Å².